The van der Waals surface area contributed by atoms with Gasteiger partial charge in [0.15, 0.2) is 0 Å². The minimum atomic E-state index is -0.771. The second-order valence-corrected chi connectivity index (χ2v) is 5.15. The van der Waals surface area contributed by atoms with Gasteiger partial charge in [-0.3, -0.25) is 19.7 Å². The number of nitrogens with zero attached hydrogens (tertiary/aromatic N) is 1. The lowest BCUT2D eigenvalue weighted by atomic mass is 10.1. The molecule has 0 saturated heterocycles. The molecular formula is C15H19N3O6. The van der Waals surface area contributed by atoms with E-state index in [1.165, 1.54) is 6.07 Å². The molecule has 9 nitrogen and oxygen atoms in total. The molecule has 1 aromatic carbocycles. The van der Waals surface area contributed by atoms with Crippen LogP contribution in [0.2, 0.25) is 0 Å². The Morgan fingerprint density at radius 2 is 1.83 bits per heavy atom. The molecule has 0 aliphatic carbocycles. The predicted molar refractivity (Wildman–Crippen MR) is 84.7 cm³/mol. The predicted octanol–water partition coefficient (Wildman–Crippen LogP) is 1.03. The highest BCUT2D eigenvalue weighted by molar-refractivity contribution is 6.00. The van der Waals surface area contributed by atoms with Gasteiger partial charge in [0.05, 0.1) is 23.6 Å². The van der Waals surface area contributed by atoms with Crippen LogP contribution >= 0.6 is 0 Å². The minimum Gasteiger partial charge on any atom is -0.462 e. The SMILES string of the molecule is CCOC(=O)c1cc(C(=O)NCC(=O)NC(C)C)cc([N+](=O)[O-])c1. The molecule has 0 heterocycles. The van der Waals surface area contributed by atoms with E-state index < -0.39 is 28.4 Å². The van der Waals surface area contributed by atoms with Crippen molar-refractivity contribution < 1.29 is 24.0 Å². The maximum absolute atomic E-state index is 12.1. The second-order valence-electron chi connectivity index (χ2n) is 5.15. The first-order valence-corrected chi connectivity index (χ1v) is 7.28. The number of nitro groups is 1. The van der Waals surface area contributed by atoms with E-state index in [9.17, 15) is 24.5 Å². The van der Waals surface area contributed by atoms with Gasteiger partial charge in [0.1, 0.15) is 0 Å². The number of nitro benzene ring substituents is 1. The van der Waals surface area contributed by atoms with Gasteiger partial charge in [-0.1, -0.05) is 0 Å². The van der Waals surface area contributed by atoms with E-state index in [1.807, 2.05) is 0 Å². The zero-order chi connectivity index (χ0) is 18.3. The van der Waals surface area contributed by atoms with Crippen molar-refractivity contribution in [2.45, 2.75) is 26.8 Å². The molecule has 0 unspecified atom stereocenters. The van der Waals surface area contributed by atoms with Gasteiger partial charge < -0.3 is 15.4 Å². The summed E-state index contributed by atoms with van der Waals surface area (Å²) in [6.07, 6.45) is 0. The third-order valence-electron chi connectivity index (χ3n) is 2.76. The molecule has 2 N–H and O–H groups in total. The fourth-order valence-corrected chi connectivity index (χ4v) is 1.82. The van der Waals surface area contributed by atoms with Gasteiger partial charge in [0.25, 0.3) is 11.6 Å². The van der Waals surface area contributed by atoms with Crippen molar-refractivity contribution in [3.8, 4) is 0 Å². The van der Waals surface area contributed by atoms with Crippen LogP contribution in [0.1, 0.15) is 41.5 Å². The fourth-order valence-electron chi connectivity index (χ4n) is 1.82. The Morgan fingerprint density at radius 1 is 1.21 bits per heavy atom. The molecule has 9 heteroatoms. The standard InChI is InChI=1S/C15H19N3O6/c1-4-24-15(21)11-5-10(6-12(7-11)18(22)23)14(20)16-8-13(19)17-9(2)3/h5-7,9H,4,8H2,1-3H3,(H,16,20)(H,17,19). The highest BCUT2D eigenvalue weighted by atomic mass is 16.6. The van der Waals surface area contributed by atoms with Crippen molar-refractivity contribution in [3.05, 3.63) is 39.4 Å². The lowest BCUT2D eigenvalue weighted by Gasteiger charge is -2.10. The topological polar surface area (TPSA) is 128 Å². The Labute approximate surface area is 138 Å². The van der Waals surface area contributed by atoms with Crippen molar-refractivity contribution in [2.75, 3.05) is 13.2 Å². The lowest BCUT2D eigenvalue weighted by Crippen LogP contribution is -2.39. The highest BCUT2D eigenvalue weighted by Gasteiger charge is 2.19. The van der Waals surface area contributed by atoms with E-state index in [1.54, 1.807) is 20.8 Å². The molecule has 0 radical (unpaired) electrons. The number of carbonyl (C=O) groups excluding carboxylic acids is 3. The van der Waals surface area contributed by atoms with Gasteiger partial charge in [-0.15, -0.1) is 0 Å². The Kier molecular flexibility index (Phi) is 6.84. The summed E-state index contributed by atoms with van der Waals surface area (Å²) in [7, 11) is 0. The van der Waals surface area contributed by atoms with E-state index >= 15 is 0 Å². The average molecular weight is 337 g/mol. The molecule has 130 valence electrons. The van der Waals surface area contributed by atoms with Crippen LogP contribution in [0.4, 0.5) is 5.69 Å². The molecule has 24 heavy (non-hydrogen) atoms. The number of esters is 1. The molecule has 0 atom stereocenters. The number of rotatable bonds is 7. The highest BCUT2D eigenvalue weighted by Crippen LogP contribution is 2.18. The Morgan fingerprint density at radius 3 is 2.38 bits per heavy atom. The first-order chi connectivity index (χ1) is 11.2. The van der Waals surface area contributed by atoms with Crippen LogP contribution in [-0.4, -0.2) is 41.9 Å². The molecule has 0 spiro atoms. The number of non-ortho nitro benzene ring substituents is 1. The monoisotopic (exact) mass is 337 g/mol. The summed E-state index contributed by atoms with van der Waals surface area (Å²) in [5.74, 6) is -1.87. The summed E-state index contributed by atoms with van der Waals surface area (Å²) in [6, 6.07) is 3.15. The quantitative estimate of drug-likeness (QED) is 0.434. The zero-order valence-electron chi connectivity index (χ0n) is 13.6. The smallest absolute Gasteiger partial charge is 0.338 e. The zero-order valence-corrected chi connectivity index (χ0v) is 13.6. The van der Waals surface area contributed by atoms with Crippen molar-refractivity contribution in [1.82, 2.24) is 10.6 Å². The van der Waals surface area contributed by atoms with Crippen LogP contribution in [0.15, 0.2) is 18.2 Å². The number of ether oxygens (including phenoxy) is 1. The maximum Gasteiger partial charge on any atom is 0.338 e. The van der Waals surface area contributed by atoms with Gasteiger partial charge in [-0.25, -0.2) is 4.79 Å². The van der Waals surface area contributed by atoms with Gasteiger partial charge in [-0.2, -0.15) is 0 Å². The Balaban J connectivity index is 2.96. The summed E-state index contributed by atoms with van der Waals surface area (Å²) < 4.78 is 4.78. The number of hydrogen-bond acceptors (Lipinski definition) is 6. The molecule has 0 aliphatic rings. The molecule has 1 aromatic rings. The summed E-state index contributed by atoms with van der Waals surface area (Å²) in [4.78, 5) is 45.6. The van der Waals surface area contributed by atoms with Crippen molar-refractivity contribution >= 4 is 23.5 Å². The summed E-state index contributed by atoms with van der Waals surface area (Å²) in [5, 5.41) is 15.9. The summed E-state index contributed by atoms with van der Waals surface area (Å²) >= 11 is 0. The van der Waals surface area contributed by atoms with Crippen molar-refractivity contribution in [1.29, 1.82) is 0 Å². The molecule has 2 amide bonds. The van der Waals surface area contributed by atoms with E-state index in [0.29, 0.717) is 0 Å². The minimum absolute atomic E-state index is 0.0809. The molecule has 0 bridgehead atoms. The average Bonchev–Trinajstić information content (AvgIpc) is 2.51. The van der Waals surface area contributed by atoms with Crippen LogP contribution in [-0.2, 0) is 9.53 Å². The largest absolute Gasteiger partial charge is 0.462 e. The van der Waals surface area contributed by atoms with Crippen molar-refractivity contribution in [3.63, 3.8) is 0 Å². The summed E-state index contributed by atoms with van der Waals surface area (Å²) in [6.45, 7) is 4.95. The van der Waals surface area contributed by atoms with Crippen LogP contribution in [0, 0.1) is 10.1 Å². The molecule has 0 aliphatic heterocycles. The van der Waals surface area contributed by atoms with E-state index in [0.717, 1.165) is 12.1 Å². The lowest BCUT2D eigenvalue weighted by molar-refractivity contribution is -0.384. The third-order valence-corrected chi connectivity index (χ3v) is 2.76. The molecule has 0 fully saturated rings. The fraction of sp³-hybridized carbons (Fsp3) is 0.400. The second kappa shape index (κ2) is 8.61. The van der Waals surface area contributed by atoms with Gasteiger partial charge in [-0.05, 0) is 26.8 Å². The first-order valence-electron chi connectivity index (χ1n) is 7.28. The van der Waals surface area contributed by atoms with E-state index in [2.05, 4.69) is 10.6 Å². The first kappa shape index (κ1) is 19.1. The van der Waals surface area contributed by atoms with E-state index in [-0.39, 0.29) is 30.3 Å². The normalized spacial score (nSPS) is 10.2. The summed E-state index contributed by atoms with van der Waals surface area (Å²) in [5.41, 5.74) is -0.634. The third kappa shape index (κ3) is 5.67. The molecule has 0 aromatic heterocycles. The molecule has 1 rings (SSSR count). The van der Waals surface area contributed by atoms with Crippen molar-refractivity contribution in [2.24, 2.45) is 0 Å². The Bertz CT molecular complexity index is 657. The van der Waals surface area contributed by atoms with Crippen LogP contribution in [0.25, 0.3) is 0 Å². The number of nitrogens with one attached hydrogen (secondary N) is 2. The van der Waals surface area contributed by atoms with E-state index in [4.69, 9.17) is 4.74 Å². The van der Waals surface area contributed by atoms with Gasteiger partial charge >= 0.3 is 5.97 Å². The Hall–Kier alpha value is -2.97. The number of hydrogen-bond donors (Lipinski definition) is 2. The number of amides is 2. The van der Waals surface area contributed by atoms with Crippen LogP contribution in [0.5, 0.6) is 0 Å². The number of benzene rings is 1. The molecule has 0 saturated carbocycles. The number of carbonyl (C=O) groups is 3. The van der Waals surface area contributed by atoms with Crippen LogP contribution < -0.4 is 10.6 Å². The maximum atomic E-state index is 12.1. The van der Waals surface area contributed by atoms with Crippen LogP contribution in [0.3, 0.4) is 0 Å². The van der Waals surface area contributed by atoms with Gasteiger partial charge in [0.2, 0.25) is 5.91 Å². The molecular weight excluding hydrogens is 318 g/mol. The van der Waals surface area contributed by atoms with Gasteiger partial charge in [0, 0.05) is 23.7 Å².